The van der Waals surface area contributed by atoms with Crippen LogP contribution in [0.3, 0.4) is 0 Å². The highest BCUT2D eigenvalue weighted by atomic mass is 16.4. The van der Waals surface area contributed by atoms with Crippen LogP contribution in [0.4, 0.5) is 0 Å². The van der Waals surface area contributed by atoms with Crippen molar-refractivity contribution in [3.8, 4) is 0 Å². The summed E-state index contributed by atoms with van der Waals surface area (Å²) in [6.07, 6.45) is 7.99. The smallest absolute Gasteiger partial charge is 0.305 e. The minimum atomic E-state index is -1.53. The Morgan fingerprint density at radius 2 is 1.49 bits per heavy atom. The molecule has 0 aromatic carbocycles. The van der Waals surface area contributed by atoms with Gasteiger partial charge in [-0.2, -0.15) is 0 Å². The van der Waals surface area contributed by atoms with E-state index in [1.807, 2.05) is 18.2 Å². The van der Waals surface area contributed by atoms with Crippen LogP contribution < -0.4 is 43.8 Å². The Morgan fingerprint density at radius 3 is 2.12 bits per heavy atom. The van der Waals surface area contributed by atoms with Gasteiger partial charge in [-0.05, 0) is 57.9 Å². The molecule has 5 amide bonds. The number of aliphatic imine (C=N–C) groups is 1. The maximum Gasteiger partial charge on any atom is 0.305 e. The first-order valence-electron chi connectivity index (χ1n) is 14.3. The zero-order valence-corrected chi connectivity index (χ0v) is 24.1. The van der Waals surface area contributed by atoms with Gasteiger partial charge >= 0.3 is 5.97 Å². The zero-order chi connectivity index (χ0) is 31.8. The lowest BCUT2D eigenvalue weighted by atomic mass is 9.96. The second-order valence-electron chi connectivity index (χ2n) is 10.3. The van der Waals surface area contributed by atoms with Gasteiger partial charge in [0.1, 0.15) is 24.2 Å². The highest BCUT2D eigenvalue weighted by Gasteiger charge is 2.33. The number of guanidine groups is 1. The molecule has 1 unspecified atom stereocenters. The van der Waals surface area contributed by atoms with E-state index in [2.05, 4.69) is 31.6 Å². The van der Waals surface area contributed by atoms with Crippen molar-refractivity contribution in [3.05, 3.63) is 23.8 Å². The minimum absolute atomic E-state index is 0.0975. The number of carboxylic acids is 1. The molecule has 2 aliphatic rings. The summed E-state index contributed by atoms with van der Waals surface area (Å²) in [5.41, 5.74) is 17.2. The highest BCUT2D eigenvalue weighted by Crippen LogP contribution is 2.18. The van der Waals surface area contributed by atoms with Gasteiger partial charge in [-0.15, -0.1) is 0 Å². The molecule has 1 fully saturated rings. The van der Waals surface area contributed by atoms with Gasteiger partial charge in [0.05, 0.1) is 13.0 Å². The van der Waals surface area contributed by atoms with Crippen LogP contribution in [0.2, 0.25) is 0 Å². The van der Waals surface area contributed by atoms with Crippen molar-refractivity contribution in [1.82, 2.24) is 26.6 Å². The number of hydrogen-bond acceptors (Lipinski definition) is 8. The second kappa shape index (κ2) is 18.1. The third kappa shape index (κ3) is 12.9. The normalized spacial score (nSPS) is 23.7. The van der Waals surface area contributed by atoms with E-state index in [0.29, 0.717) is 32.2 Å². The molecular formula is C27H43N9O7. The van der Waals surface area contributed by atoms with Gasteiger partial charge in [-0.25, -0.2) is 0 Å². The molecule has 43 heavy (non-hydrogen) atoms. The van der Waals surface area contributed by atoms with Gasteiger partial charge in [0, 0.05) is 6.54 Å². The monoisotopic (exact) mass is 605 g/mol. The molecule has 0 saturated carbocycles. The van der Waals surface area contributed by atoms with Crippen LogP contribution in [0.15, 0.2) is 28.8 Å². The number of amides is 5. The summed E-state index contributed by atoms with van der Waals surface area (Å²) in [6, 6.07) is -4.90. The molecule has 1 aliphatic carbocycles. The van der Waals surface area contributed by atoms with Crippen LogP contribution in [0, 0.1) is 0 Å². The van der Waals surface area contributed by atoms with Gasteiger partial charge in [0.2, 0.25) is 29.5 Å². The number of allylic oxidation sites excluding steroid dienone is 3. The largest absolute Gasteiger partial charge is 0.481 e. The van der Waals surface area contributed by atoms with E-state index < -0.39 is 72.6 Å². The third-order valence-corrected chi connectivity index (χ3v) is 6.81. The van der Waals surface area contributed by atoms with Gasteiger partial charge in [0.15, 0.2) is 5.96 Å². The van der Waals surface area contributed by atoms with Crippen molar-refractivity contribution >= 4 is 41.5 Å². The SMILES string of the molecule is NCCCCC1NC(=O)[C@H](CC2=CC=CCC2)NC(=O)[C@@H](CC(=O)O)NC(=O)CNC(=O)[C@H](CCCN=C(N)N)NC1=O. The summed E-state index contributed by atoms with van der Waals surface area (Å²) < 4.78 is 0. The molecule has 16 nitrogen and oxygen atoms in total. The van der Waals surface area contributed by atoms with E-state index in [0.717, 1.165) is 12.0 Å². The first-order chi connectivity index (χ1) is 20.5. The average molecular weight is 606 g/mol. The van der Waals surface area contributed by atoms with Crippen molar-refractivity contribution in [2.45, 2.75) is 82.0 Å². The Hall–Kier alpha value is -4.47. The number of nitrogens with zero attached hydrogens (tertiary/aromatic N) is 1. The van der Waals surface area contributed by atoms with Crippen LogP contribution in [0.25, 0.3) is 0 Å². The first-order valence-corrected chi connectivity index (χ1v) is 14.3. The number of carbonyl (C=O) groups is 6. The fourth-order valence-corrected chi connectivity index (χ4v) is 4.56. The van der Waals surface area contributed by atoms with E-state index in [1.54, 1.807) is 0 Å². The molecule has 1 heterocycles. The zero-order valence-electron chi connectivity index (χ0n) is 24.1. The van der Waals surface area contributed by atoms with Gasteiger partial charge < -0.3 is 48.9 Å². The van der Waals surface area contributed by atoms with E-state index in [1.165, 1.54) is 0 Å². The predicted octanol–water partition coefficient (Wildman–Crippen LogP) is -2.62. The predicted molar refractivity (Wildman–Crippen MR) is 157 cm³/mol. The fourth-order valence-electron chi connectivity index (χ4n) is 4.56. The summed E-state index contributed by atoms with van der Waals surface area (Å²) in [6.45, 7) is -0.0524. The summed E-state index contributed by atoms with van der Waals surface area (Å²) in [5, 5.41) is 22.0. The van der Waals surface area contributed by atoms with Gasteiger partial charge in [0.25, 0.3) is 0 Å². The molecule has 12 N–H and O–H groups in total. The number of rotatable bonds is 12. The maximum atomic E-state index is 13.6. The van der Waals surface area contributed by atoms with Crippen molar-refractivity contribution in [1.29, 1.82) is 0 Å². The van der Waals surface area contributed by atoms with Crippen molar-refractivity contribution in [2.24, 2.45) is 22.2 Å². The number of nitrogens with one attached hydrogen (secondary N) is 5. The van der Waals surface area contributed by atoms with Crippen LogP contribution in [0.5, 0.6) is 0 Å². The molecule has 0 bridgehead atoms. The van der Waals surface area contributed by atoms with Crippen LogP contribution in [-0.2, 0) is 28.8 Å². The van der Waals surface area contributed by atoms with E-state index in [-0.39, 0.29) is 31.8 Å². The summed E-state index contributed by atoms with van der Waals surface area (Å²) in [5.74, 6) is -5.25. The molecule has 1 aliphatic heterocycles. The van der Waals surface area contributed by atoms with Crippen LogP contribution in [-0.4, -0.2) is 90.4 Å². The summed E-state index contributed by atoms with van der Waals surface area (Å²) in [7, 11) is 0. The van der Waals surface area contributed by atoms with Crippen molar-refractivity contribution in [3.63, 3.8) is 0 Å². The molecule has 0 aromatic rings. The Bertz CT molecular complexity index is 1120. The molecule has 238 valence electrons. The number of carbonyl (C=O) groups excluding carboxylic acids is 5. The molecule has 0 radical (unpaired) electrons. The number of unbranched alkanes of at least 4 members (excludes halogenated alkanes) is 1. The van der Waals surface area contributed by atoms with Crippen LogP contribution in [0.1, 0.15) is 57.8 Å². The summed E-state index contributed by atoms with van der Waals surface area (Å²) >= 11 is 0. The van der Waals surface area contributed by atoms with Gasteiger partial charge in [-0.1, -0.05) is 23.8 Å². The lowest BCUT2D eigenvalue weighted by molar-refractivity contribution is -0.141. The Kier molecular flexibility index (Phi) is 14.7. The molecule has 16 heteroatoms. The quantitative estimate of drug-likeness (QED) is 0.0634. The lowest BCUT2D eigenvalue weighted by Crippen LogP contribution is -2.57. The number of hydrogen-bond donors (Lipinski definition) is 9. The van der Waals surface area contributed by atoms with Crippen LogP contribution >= 0.6 is 0 Å². The van der Waals surface area contributed by atoms with E-state index in [4.69, 9.17) is 17.2 Å². The first kappa shape index (κ1) is 34.7. The fraction of sp³-hybridized carbons (Fsp3) is 0.593. The number of nitrogens with two attached hydrogens (primary N) is 3. The van der Waals surface area contributed by atoms with E-state index in [9.17, 15) is 33.9 Å². The standard InChI is InChI=1S/C27H43N9O7/c28-11-5-4-9-18-24(41)34-17(10-6-12-31-27(29)30)23(40)32-15-21(37)33-20(14-22(38)39)26(43)36-19(25(42)35-18)13-16-7-2-1-3-8-16/h1-2,7,17-20H,3-6,8-15,28H2,(H,32,40)(H,33,37)(H,34,41)(H,35,42)(H,36,43)(H,38,39)(H4,29,30,31)/t17-,18?,19-,20+/m0/s1. The number of aliphatic carboxylic acids is 1. The summed E-state index contributed by atoms with van der Waals surface area (Å²) in [4.78, 5) is 81.2. The Morgan fingerprint density at radius 1 is 0.860 bits per heavy atom. The Balaban J connectivity index is 2.42. The third-order valence-electron chi connectivity index (χ3n) is 6.81. The highest BCUT2D eigenvalue weighted by molar-refractivity contribution is 5.98. The van der Waals surface area contributed by atoms with Crippen molar-refractivity contribution in [2.75, 3.05) is 19.6 Å². The van der Waals surface area contributed by atoms with Gasteiger partial charge in [-0.3, -0.25) is 33.8 Å². The van der Waals surface area contributed by atoms with E-state index >= 15 is 0 Å². The average Bonchev–Trinajstić information content (AvgIpc) is 2.95. The maximum absolute atomic E-state index is 13.6. The number of carboxylic acid groups (broad SMARTS) is 1. The lowest BCUT2D eigenvalue weighted by Gasteiger charge is -2.26. The second-order valence-corrected chi connectivity index (χ2v) is 10.3. The minimum Gasteiger partial charge on any atom is -0.481 e. The molecule has 0 aromatic heterocycles. The molecular weight excluding hydrogens is 562 g/mol. The molecule has 0 spiro atoms. The van der Waals surface area contributed by atoms with Crippen molar-refractivity contribution < 1.29 is 33.9 Å². The molecule has 2 rings (SSSR count). The topological polar surface area (TPSA) is 273 Å². The molecule has 4 atom stereocenters. The Labute approximate surface area is 249 Å². The molecule has 1 saturated heterocycles.